The number of rotatable bonds is 4. The van der Waals surface area contributed by atoms with Crippen molar-refractivity contribution in [3.05, 3.63) is 24.0 Å². The lowest BCUT2D eigenvalue weighted by Gasteiger charge is -2.46. The summed E-state index contributed by atoms with van der Waals surface area (Å²) in [5.41, 5.74) is 7.51. The Morgan fingerprint density at radius 1 is 1.38 bits per heavy atom. The third-order valence-corrected chi connectivity index (χ3v) is 9.92. The third-order valence-electron chi connectivity index (χ3n) is 5.44. The average Bonchev–Trinajstić information content (AvgIpc) is 2.49. The molecule has 7 heteroatoms. The van der Waals surface area contributed by atoms with Crippen LogP contribution in [0.15, 0.2) is 18.5 Å². The first-order chi connectivity index (χ1) is 11.9. The number of nitrogen functional groups attached to an aromatic ring is 1. The van der Waals surface area contributed by atoms with Crippen molar-refractivity contribution in [2.45, 2.75) is 83.6 Å². The van der Waals surface area contributed by atoms with E-state index < -0.39 is 8.32 Å². The molecule has 0 radical (unpaired) electrons. The van der Waals surface area contributed by atoms with Gasteiger partial charge in [-0.2, -0.15) is 0 Å². The molecule has 2 N–H and O–H groups in total. The number of hydrogen-bond acceptors (Lipinski definition) is 6. The molecular formula is C19H32N2O4Si. The summed E-state index contributed by atoms with van der Waals surface area (Å²) in [4.78, 5) is 15.7. The van der Waals surface area contributed by atoms with Crippen LogP contribution >= 0.6 is 0 Å². The van der Waals surface area contributed by atoms with E-state index in [1.54, 1.807) is 12.4 Å². The summed E-state index contributed by atoms with van der Waals surface area (Å²) in [5.74, 6) is -0.311. The first-order valence-electron chi connectivity index (χ1n) is 9.12. The zero-order valence-corrected chi connectivity index (χ0v) is 17.9. The summed E-state index contributed by atoms with van der Waals surface area (Å²) in [6.07, 6.45) is 2.68. The molecule has 2 rings (SSSR count). The second-order valence-electron chi connectivity index (χ2n) is 8.56. The minimum absolute atomic E-state index is 0.0554. The minimum Gasteiger partial charge on any atom is -0.460 e. The van der Waals surface area contributed by atoms with E-state index in [2.05, 4.69) is 38.8 Å². The van der Waals surface area contributed by atoms with Crippen LogP contribution in [0.3, 0.4) is 0 Å². The molecule has 0 aliphatic carbocycles. The monoisotopic (exact) mass is 380 g/mol. The van der Waals surface area contributed by atoms with Crippen molar-refractivity contribution in [3.63, 3.8) is 0 Å². The molecule has 0 bridgehead atoms. The predicted molar refractivity (Wildman–Crippen MR) is 104 cm³/mol. The van der Waals surface area contributed by atoms with Crippen molar-refractivity contribution in [1.29, 1.82) is 0 Å². The highest BCUT2D eigenvalue weighted by Gasteiger charge is 2.46. The largest absolute Gasteiger partial charge is 0.460 e. The molecule has 1 aromatic heterocycles. The van der Waals surface area contributed by atoms with E-state index in [1.165, 1.54) is 6.92 Å². The zero-order valence-electron chi connectivity index (χ0n) is 16.9. The van der Waals surface area contributed by atoms with Crippen LogP contribution in [0.25, 0.3) is 0 Å². The van der Waals surface area contributed by atoms with Crippen LogP contribution in [0.5, 0.6) is 0 Å². The normalized spacial score (nSPS) is 27.2. The van der Waals surface area contributed by atoms with Gasteiger partial charge in [-0.1, -0.05) is 20.8 Å². The Morgan fingerprint density at radius 3 is 2.58 bits per heavy atom. The zero-order chi connectivity index (χ0) is 19.7. The highest BCUT2D eigenvalue weighted by atomic mass is 28.4. The SMILES string of the molecule is CC(=O)OC1CC(c2ccncc2N)OC(C)C1O[Si](C)(C)C(C)(C)C. The van der Waals surface area contributed by atoms with Crippen LogP contribution in [0.2, 0.25) is 18.1 Å². The van der Waals surface area contributed by atoms with E-state index in [-0.39, 0.29) is 35.4 Å². The van der Waals surface area contributed by atoms with Gasteiger partial charge in [0.2, 0.25) is 0 Å². The Morgan fingerprint density at radius 2 is 2.04 bits per heavy atom. The number of hydrogen-bond donors (Lipinski definition) is 1. The Hall–Kier alpha value is -1.44. The molecule has 6 nitrogen and oxygen atoms in total. The molecule has 2 heterocycles. The number of anilines is 1. The third kappa shape index (κ3) is 4.63. The summed E-state index contributed by atoms with van der Waals surface area (Å²) in [6.45, 7) is 14.4. The van der Waals surface area contributed by atoms with Crippen LogP contribution < -0.4 is 5.73 Å². The molecule has 0 spiro atoms. The molecule has 1 aromatic rings. The van der Waals surface area contributed by atoms with Crippen LogP contribution in [-0.2, 0) is 18.7 Å². The average molecular weight is 381 g/mol. The van der Waals surface area contributed by atoms with Gasteiger partial charge >= 0.3 is 5.97 Å². The maximum absolute atomic E-state index is 11.7. The Balaban J connectivity index is 2.27. The first kappa shape index (κ1) is 20.9. The van der Waals surface area contributed by atoms with Gasteiger partial charge in [0.15, 0.2) is 8.32 Å². The predicted octanol–water partition coefficient (Wildman–Crippen LogP) is 3.84. The standard InChI is InChI=1S/C19H32N2O4Si/c1-12-18(25-26(6,7)19(3,4)5)17(24-13(2)22)10-16(23-12)14-8-9-21-11-15(14)20/h8-9,11-12,16-18H,10,20H2,1-7H3. The molecule has 1 saturated heterocycles. The lowest BCUT2D eigenvalue weighted by atomic mass is 9.94. The van der Waals surface area contributed by atoms with Crippen molar-refractivity contribution in [2.24, 2.45) is 0 Å². The topological polar surface area (TPSA) is 83.7 Å². The van der Waals surface area contributed by atoms with Crippen molar-refractivity contribution in [3.8, 4) is 0 Å². The van der Waals surface area contributed by atoms with E-state index in [0.29, 0.717) is 12.1 Å². The fourth-order valence-electron chi connectivity index (χ4n) is 2.97. The van der Waals surface area contributed by atoms with E-state index >= 15 is 0 Å². The number of carbonyl (C=O) groups is 1. The van der Waals surface area contributed by atoms with Gasteiger partial charge in [-0.15, -0.1) is 0 Å². The fourth-order valence-corrected chi connectivity index (χ4v) is 4.34. The van der Waals surface area contributed by atoms with Crippen molar-refractivity contribution >= 4 is 20.0 Å². The summed E-state index contributed by atoms with van der Waals surface area (Å²) >= 11 is 0. The number of carbonyl (C=O) groups excluding carboxylic acids is 1. The Bertz CT molecular complexity index is 645. The summed E-state index contributed by atoms with van der Waals surface area (Å²) in [5, 5.41) is 0.0554. The van der Waals surface area contributed by atoms with E-state index in [1.807, 2.05) is 13.0 Å². The van der Waals surface area contributed by atoms with Gasteiger partial charge in [0.05, 0.1) is 24.1 Å². The van der Waals surface area contributed by atoms with Crippen molar-refractivity contribution in [1.82, 2.24) is 4.98 Å². The molecule has 0 saturated carbocycles. The molecule has 146 valence electrons. The van der Waals surface area contributed by atoms with Gasteiger partial charge in [0.25, 0.3) is 0 Å². The highest BCUT2D eigenvalue weighted by molar-refractivity contribution is 6.74. The van der Waals surface area contributed by atoms with E-state index in [0.717, 1.165) is 5.56 Å². The van der Waals surface area contributed by atoms with Crippen LogP contribution in [0.4, 0.5) is 5.69 Å². The number of ether oxygens (including phenoxy) is 2. The number of aromatic nitrogens is 1. The van der Waals surface area contributed by atoms with E-state index in [9.17, 15) is 4.79 Å². The van der Waals surface area contributed by atoms with Gasteiger partial charge in [0, 0.05) is 25.1 Å². The second-order valence-corrected chi connectivity index (χ2v) is 13.3. The Labute approximate surface area is 157 Å². The quantitative estimate of drug-likeness (QED) is 0.631. The number of pyridine rings is 1. The minimum atomic E-state index is -2.05. The molecule has 1 fully saturated rings. The van der Waals surface area contributed by atoms with Crippen LogP contribution in [-0.4, -0.2) is 37.6 Å². The Kier molecular flexibility index (Phi) is 6.15. The second kappa shape index (κ2) is 7.66. The molecular weight excluding hydrogens is 348 g/mol. The lowest BCUT2D eigenvalue weighted by molar-refractivity contribution is -0.185. The number of esters is 1. The molecule has 0 amide bonds. The van der Waals surface area contributed by atoms with Gasteiger partial charge in [-0.3, -0.25) is 9.78 Å². The maximum Gasteiger partial charge on any atom is 0.302 e. The van der Waals surface area contributed by atoms with Crippen molar-refractivity contribution < 1.29 is 18.7 Å². The maximum atomic E-state index is 11.7. The molecule has 4 unspecified atom stereocenters. The van der Waals surface area contributed by atoms with Gasteiger partial charge in [0.1, 0.15) is 12.2 Å². The van der Waals surface area contributed by atoms with E-state index in [4.69, 9.17) is 19.6 Å². The number of nitrogens with zero attached hydrogens (tertiary/aromatic N) is 1. The molecule has 1 aliphatic rings. The first-order valence-corrected chi connectivity index (χ1v) is 12.0. The number of nitrogens with two attached hydrogens (primary N) is 1. The molecule has 26 heavy (non-hydrogen) atoms. The van der Waals surface area contributed by atoms with Gasteiger partial charge in [-0.25, -0.2) is 0 Å². The summed E-state index contributed by atoms with van der Waals surface area (Å²) < 4.78 is 18.5. The lowest BCUT2D eigenvalue weighted by Crippen LogP contribution is -2.54. The fraction of sp³-hybridized carbons (Fsp3) is 0.684. The summed E-state index contributed by atoms with van der Waals surface area (Å²) in [7, 11) is -2.05. The molecule has 1 aliphatic heterocycles. The van der Waals surface area contributed by atoms with Crippen LogP contribution in [0, 0.1) is 0 Å². The van der Waals surface area contributed by atoms with Gasteiger partial charge in [-0.05, 0) is 31.1 Å². The smallest absolute Gasteiger partial charge is 0.302 e. The highest BCUT2D eigenvalue weighted by Crippen LogP contribution is 2.42. The molecule has 4 atom stereocenters. The van der Waals surface area contributed by atoms with Gasteiger partial charge < -0.3 is 19.6 Å². The molecule has 0 aromatic carbocycles. The van der Waals surface area contributed by atoms with Crippen molar-refractivity contribution in [2.75, 3.05) is 5.73 Å². The summed E-state index contributed by atoms with van der Waals surface area (Å²) in [6, 6.07) is 1.85. The van der Waals surface area contributed by atoms with Crippen LogP contribution in [0.1, 0.15) is 52.7 Å².